The van der Waals surface area contributed by atoms with Crippen LogP contribution in [0.4, 0.5) is 4.39 Å². The van der Waals surface area contributed by atoms with Gasteiger partial charge in [0, 0.05) is 29.5 Å². The minimum absolute atomic E-state index is 0.00143. The number of carbonyl (C=O) groups excluding carboxylic acids is 2. The number of rotatable bonds is 7. The van der Waals surface area contributed by atoms with Crippen LogP contribution in [0.1, 0.15) is 24.8 Å². The fourth-order valence-electron chi connectivity index (χ4n) is 4.13. The summed E-state index contributed by atoms with van der Waals surface area (Å²) < 4.78 is 18.7. The predicted molar refractivity (Wildman–Crippen MR) is 100 cm³/mol. The van der Waals surface area contributed by atoms with Crippen molar-refractivity contribution in [3.05, 3.63) is 59.1 Å². The number of nitrogens with one attached hydrogen (secondary N) is 2. The van der Waals surface area contributed by atoms with E-state index in [0.29, 0.717) is 25.7 Å². The number of nitrogens with zero attached hydrogens (tertiary/aromatic N) is 1. The summed E-state index contributed by atoms with van der Waals surface area (Å²) in [5.41, 5.74) is 0.380. The molecule has 0 saturated heterocycles. The Morgan fingerprint density at radius 2 is 1.86 bits per heavy atom. The first-order chi connectivity index (χ1) is 13.4. The van der Waals surface area contributed by atoms with Gasteiger partial charge in [-0.3, -0.25) is 14.6 Å². The Balaban J connectivity index is 1.20. The molecule has 0 spiro atoms. The summed E-state index contributed by atoms with van der Waals surface area (Å²) in [6.07, 6.45) is 5.76. The van der Waals surface area contributed by atoms with Gasteiger partial charge in [-0.15, -0.1) is 0 Å². The summed E-state index contributed by atoms with van der Waals surface area (Å²) >= 11 is 5.61. The number of amides is 2. The van der Waals surface area contributed by atoms with Gasteiger partial charge in [-0.1, -0.05) is 17.7 Å². The number of ether oxygens (including phenoxy) is 1. The van der Waals surface area contributed by atoms with Crippen molar-refractivity contribution in [1.29, 1.82) is 0 Å². The molecular formula is C20H19ClFN3O3. The third-order valence-corrected chi connectivity index (χ3v) is 5.49. The molecule has 1 aromatic heterocycles. The number of aromatic nitrogens is 1. The average Bonchev–Trinajstić information content (AvgIpc) is 2.60. The lowest BCUT2D eigenvalue weighted by Crippen LogP contribution is -2.84. The van der Waals surface area contributed by atoms with Crippen molar-refractivity contribution in [2.75, 3.05) is 6.61 Å². The zero-order chi connectivity index (χ0) is 19.8. The number of benzene rings is 1. The highest BCUT2D eigenvalue weighted by molar-refractivity contribution is 6.30. The van der Waals surface area contributed by atoms with E-state index in [0.717, 1.165) is 11.6 Å². The molecule has 3 aliphatic rings. The van der Waals surface area contributed by atoms with Gasteiger partial charge in [-0.05, 0) is 43.0 Å². The Morgan fingerprint density at radius 3 is 2.50 bits per heavy atom. The molecule has 3 aliphatic carbocycles. The van der Waals surface area contributed by atoms with Crippen LogP contribution in [0.5, 0.6) is 5.75 Å². The number of halogens is 2. The molecule has 2 N–H and O–H groups in total. The van der Waals surface area contributed by atoms with Gasteiger partial charge in [-0.2, -0.15) is 0 Å². The van der Waals surface area contributed by atoms with Crippen molar-refractivity contribution in [2.24, 2.45) is 0 Å². The van der Waals surface area contributed by atoms with Crippen molar-refractivity contribution >= 4 is 23.4 Å². The van der Waals surface area contributed by atoms with Crippen LogP contribution in [0.25, 0.3) is 0 Å². The monoisotopic (exact) mass is 403 g/mol. The van der Waals surface area contributed by atoms with Crippen LogP contribution >= 0.6 is 11.6 Å². The first-order valence-corrected chi connectivity index (χ1v) is 9.34. The summed E-state index contributed by atoms with van der Waals surface area (Å²) in [5.74, 6) is -0.664. The maximum Gasteiger partial charge on any atom is 0.258 e. The van der Waals surface area contributed by atoms with Crippen LogP contribution in [0.2, 0.25) is 5.02 Å². The summed E-state index contributed by atoms with van der Waals surface area (Å²) in [6.45, 7) is -0.205. The van der Waals surface area contributed by atoms with Gasteiger partial charge in [0.2, 0.25) is 5.91 Å². The Kier molecular flexibility index (Phi) is 4.71. The number of carbonyl (C=O) groups is 2. The molecule has 1 aromatic carbocycles. The third kappa shape index (κ3) is 3.80. The second-order valence-corrected chi connectivity index (χ2v) is 8.00. The lowest BCUT2D eigenvalue weighted by atomic mass is 9.44. The van der Waals surface area contributed by atoms with Crippen molar-refractivity contribution in [3.8, 4) is 5.75 Å². The first kappa shape index (κ1) is 18.7. The van der Waals surface area contributed by atoms with E-state index >= 15 is 0 Å². The number of hydrogen-bond donors (Lipinski definition) is 2. The summed E-state index contributed by atoms with van der Waals surface area (Å²) in [4.78, 5) is 28.3. The van der Waals surface area contributed by atoms with E-state index in [-0.39, 0.29) is 40.3 Å². The zero-order valence-electron chi connectivity index (χ0n) is 15.0. The molecule has 0 unspecified atom stereocenters. The Labute approximate surface area is 166 Å². The summed E-state index contributed by atoms with van der Waals surface area (Å²) in [5, 5.41) is 6.03. The van der Waals surface area contributed by atoms with Gasteiger partial charge < -0.3 is 15.4 Å². The molecule has 1 heterocycles. The predicted octanol–water partition coefficient (Wildman–Crippen LogP) is 2.40. The smallest absolute Gasteiger partial charge is 0.258 e. The molecule has 0 aliphatic heterocycles. The lowest BCUT2D eigenvalue weighted by Gasteiger charge is -2.70. The van der Waals surface area contributed by atoms with Crippen molar-refractivity contribution in [1.82, 2.24) is 15.6 Å². The van der Waals surface area contributed by atoms with Crippen LogP contribution < -0.4 is 15.4 Å². The second kappa shape index (κ2) is 7.05. The SMILES string of the molecule is O=C(COc1ccc(Cl)c(F)c1)NC12CC(NC(=O)Cc3cccnc3)(C1)C2. The average molecular weight is 404 g/mol. The molecule has 0 radical (unpaired) electrons. The van der Waals surface area contributed by atoms with E-state index < -0.39 is 5.82 Å². The second-order valence-electron chi connectivity index (χ2n) is 7.59. The van der Waals surface area contributed by atoms with Crippen LogP contribution in [-0.2, 0) is 16.0 Å². The molecule has 8 heteroatoms. The maximum atomic E-state index is 13.4. The van der Waals surface area contributed by atoms with Crippen molar-refractivity contribution in [3.63, 3.8) is 0 Å². The molecule has 3 saturated carbocycles. The molecule has 5 rings (SSSR count). The molecule has 2 amide bonds. The van der Waals surface area contributed by atoms with Crippen LogP contribution in [-0.4, -0.2) is 34.5 Å². The molecule has 28 heavy (non-hydrogen) atoms. The normalized spacial score (nSPS) is 24.5. The maximum absolute atomic E-state index is 13.4. The lowest BCUT2D eigenvalue weighted by molar-refractivity contribution is -0.150. The van der Waals surface area contributed by atoms with Crippen LogP contribution in [0, 0.1) is 5.82 Å². The van der Waals surface area contributed by atoms with E-state index in [1.54, 1.807) is 18.5 Å². The fraction of sp³-hybridized carbons (Fsp3) is 0.350. The zero-order valence-corrected chi connectivity index (χ0v) is 15.8. The third-order valence-electron chi connectivity index (χ3n) is 5.19. The standard InChI is InChI=1S/C20H19ClFN3O3/c21-15-4-3-14(7-16(15)22)28-9-18(27)25-20-10-19(11-20,12-20)24-17(26)6-13-2-1-5-23-8-13/h1-5,7-8H,6,9-12H2,(H,24,26)(H,25,27). The van der Waals surface area contributed by atoms with E-state index in [2.05, 4.69) is 15.6 Å². The van der Waals surface area contributed by atoms with E-state index in [1.807, 2.05) is 6.07 Å². The van der Waals surface area contributed by atoms with Crippen molar-refractivity contribution in [2.45, 2.75) is 36.8 Å². The first-order valence-electron chi connectivity index (χ1n) is 8.96. The summed E-state index contributed by atoms with van der Waals surface area (Å²) in [7, 11) is 0. The number of hydrogen-bond acceptors (Lipinski definition) is 4. The van der Waals surface area contributed by atoms with Gasteiger partial charge in [0.25, 0.3) is 5.91 Å². The van der Waals surface area contributed by atoms with Gasteiger partial charge in [0.15, 0.2) is 6.61 Å². The van der Waals surface area contributed by atoms with Gasteiger partial charge in [-0.25, -0.2) is 4.39 Å². The van der Waals surface area contributed by atoms with E-state index in [4.69, 9.17) is 16.3 Å². The fourth-order valence-corrected chi connectivity index (χ4v) is 4.25. The minimum atomic E-state index is -0.594. The molecule has 3 fully saturated rings. The molecule has 146 valence electrons. The van der Waals surface area contributed by atoms with Gasteiger partial charge in [0.05, 0.1) is 11.4 Å². The Morgan fingerprint density at radius 1 is 1.14 bits per heavy atom. The minimum Gasteiger partial charge on any atom is -0.484 e. The molecular weight excluding hydrogens is 385 g/mol. The largest absolute Gasteiger partial charge is 0.484 e. The summed E-state index contributed by atoms with van der Waals surface area (Å²) in [6, 6.07) is 7.69. The highest BCUT2D eigenvalue weighted by Crippen LogP contribution is 2.60. The molecule has 2 bridgehead atoms. The van der Waals surface area contributed by atoms with Crippen molar-refractivity contribution < 1.29 is 18.7 Å². The number of pyridine rings is 1. The van der Waals surface area contributed by atoms with E-state index in [1.165, 1.54) is 12.1 Å². The topological polar surface area (TPSA) is 80.3 Å². The Bertz CT molecular complexity index is 902. The van der Waals surface area contributed by atoms with E-state index in [9.17, 15) is 14.0 Å². The molecule has 6 nitrogen and oxygen atoms in total. The molecule has 2 aromatic rings. The quantitative estimate of drug-likeness (QED) is 0.744. The van der Waals surface area contributed by atoms with Crippen LogP contribution in [0.3, 0.4) is 0 Å². The molecule has 0 atom stereocenters. The highest BCUT2D eigenvalue weighted by atomic mass is 35.5. The van der Waals surface area contributed by atoms with Gasteiger partial charge >= 0.3 is 0 Å². The van der Waals surface area contributed by atoms with Gasteiger partial charge in [0.1, 0.15) is 11.6 Å². The Hall–Kier alpha value is -2.67. The highest BCUT2D eigenvalue weighted by Gasteiger charge is 2.69. The van der Waals surface area contributed by atoms with Crippen LogP contribution in [0.15, 0.2) is 42.7 Å².